The third kappa shape index (κ3) is 2.97. The minimum atomic E-state index is -0.802. The van der Waals surface area contributed by atoms with Crippen LogP contribution in [0.15, 0.2) is 0 Å². The van der Waals surface area contributed by atoms with Gasteiger partial charge in [0.2, 0.25) is 0 Å². The third-order valence-electron chi connectivity index (χ3n) is 2.80. The van der Waals surface area contributed by atoms with E-state index in [0.717, 1.165) is 25.9 Å². The Morgan fingerprint density at radius 3 is 2.62 bits per heavy atom. The van der Waals surface area contributed by atoms with Gasteiger partial charge >= 0.3 is 5.97 Å². The number of hydrogen-bond donors (Lipinski definition) is 3. The molecule has 4 nitrogen and oxygen atoms in total. The largest absolute Gasteiger partial charge is 0.481 e. The van der Waals surface area contributed by atoms with Crippen LogP contribution in [-0.2, 0) is 4.79 Å². The Balaban J connectivity index is 2.50. The predicted octanol–water partition coefficient (Wildman–Crippen LogP) is 0.178. The maximum Gasteiger partial charge on any atom is 0.305 e. The fourth-order valence-corrected chi connectivity index (χ4v) is 1.95. The smallest absolute Gasteiger partial charge is 0.305 e. The van der Waals surface area contributed by atoms with E-state index in [1.807, 2.05) is 6.92 Å². The Morgan fingerprint density at radius 2 is 2.15 bits per heavy atom. The lowest BCUT2D eigenvalue weighted by Crippen LogP contribution is -2.49. The fraction of sp³-hybridized carbons (Fsp3) is 0.889. The number of carboxylic acids is 1. The second-order valence-electron chi connectivity index (χ2n) is 4.10. The minimum Gasteiger partial charge on any atom is -0.481 e. The number of nitrogens with two attached hydrogens (primary N) is 1. The van der Waals surface area contributed by atoms with Gasteiger partial charge in [0.05, 0.1) is 6.42 Å². The SMILES string of the molecule is CC(N)(CC(=O)O)C1CCNCC1. The maximum absolute atomic E-state index is 10.6. The first-order valence-corrected chi connectivity index (χ1v) is 4.74. The Kier molecular flexibility index (Phi) is 3.27. The van der Waals surface area contributed by atoms with Gasteiger partial charge in [0.15, 0.2) is 0 Å². The molecule has 0 aromatic carbocycles. The molecule has 1 unspecified atom stereocenters. The van der Waals surface area contributed by atoms with Crippen molar-refractivity contribution < 1.29 is 9.90 Å². The van der Waals surface area contributed by atoms with Gasteiger partial charge in [0.25, 0.3) is 0 Å². The van der Waals surface area contributed by atoms with Crippen molar-refractivity contribution in [3.8, 4) is 0 Å². The first-order valence-electron chi connectivity index (χ1n) is 4.74. The van der Waals surface area contributed by atoms with E-state index in [2.05, 4.69) is 5.32 Å². The van der Waals surface area contributed by atoms with Crippen molar-refractivity contribution in [1.29, 1.82) is 0 Å². The fourth-order valence-electron chi connectivity index (χ4n) is 1.95. The standard InChI is InChI=1S/C9H18N2O2/c1-9(10,6-8(12)13)7-2-4-11-5-3-7/h7,11H,2-6,10H2,1H3,(H,12,13). The zero-order chi connectivity index (χ0) is 9.90. The van der Waals surface area contributed by atoms with Crippen molar-refractivity contribution >= 4 is 5.97 Å². The summed E-state index contributed by atoms with van der Waals surface area (Å²) in [6, 6.07) is 0. The molecule has 1 aliphatic heterocycles. The van der Waals surface area contributed by atoms with E-state index in [4.69, 9.17) is 10.8 Å². The van der Waals surface area contributed by atoms with Crippen molar-refractivity contribution in [3.63, 3.8) is 0 Å². The van der Waals surface area contributed by atoms with Crippen LogP contribution in [0.5, 0.6) is 0 Å². The lowest BCUT2D eigenvalue weighted by atomic mass is 9.78. The van der Waals surface area contributed by atoms with Gasteiger partial charge in [-0.1, -0.05) is 0 Å². The van der Waals surface area contributed by atoms with Gasteiger partial charge in [-0.15, -0.1) is 0 Å². The van der Waals surface area contributed by atoms with Gasteiger partial charge in [0.1, 0.15) is 0 Å². The van der Waals surface area contributed by atoms with Gasteiger partial charge in [0, 0.05) is 5.54 Å². The average molecular weight is 186 g/mol. The molecule has 0 bridgehead atoms. The second-order valence-corrected chi connectivity index (χ2v) is 4.10. The Labute approximate surface area is 78.5 Å². The number of rotatable bonds is 3. The van der Waals surface area contributed by atoms with Gasteiger partial charge in [-0.3, -0.25) is 4.79 Å². The summed E-state index contributed by atoms with van der Waals surface area (Å²) in [4.78, 5) is 10.6. The molecule has 0 saturated carbocycles. The van der Waals surface area contributed by atoms with Gasteiger partial charge in [-0.2, -0.15) is 0 Å². The summed E-state index contributed by atoms with van der Waals surface area (Å²) in [5.74, 6) is -0.464. The zero-order valence-corrected chi connectivity index (χ0v) is 8.05. The van der Waals surface area contributed by atoms with Gasteiger partial charge in [-0.05, 0) is 38.8 Å². The van der Waals surface area contributed by atoms with E-state index < -0.39 is 11.5 Å². The Hall–Kier alpha value is -0.610. The molecule has 0 aromatic heterocycles. The summed E-state index contributed by atoms with van der Waals surface area (Å²) in [6.07, 6.45) is 2.04. The van der Waals surface area contributed by atoms with E-state index in [1.165, 1.54) is 0 Å². The molecule has 13 heavy (non-hydrogen) atoms. The number of carboxylic acid groups (broad SMARTS) is 1. The van der Waals surface area contributed by atoms with Gasteiger partial charge in [-0.25, -0.2) is 0 Å². The van der Waals surface area contributed by atoms with E-state index in [1.54, 1.807) is 0 Å². The molecular formula is C9H18N2O2. The summed E-state index contributed by atoms with van der Waals surface area (Å²) in [7, 11) is 0. The molecule has 1 heterocycles. The van der Waals surface area contributed by atoms with Crippen LogP contribution in [0, 0.1) is 5.92 Å². The molecule has 1 rings (SSSR count). The molecule has 76 valence electrons. The molecule has 1 aliphatic rings. The molecule has 1 atom stereocenters. The number of aliphatic carboxylic acids is 1. The zero-order valence-electron chi connectivity index (χ0n) is 8.05. The highest BCUT2D eigenvalue weighted by Gasteiger charge is 2.32. The summed E-state index contributed by atoms with van der Waals surface area (Å²) in [6.45, 7) is 3.76. The third-order valence-corrected chi connectivity index (χ3v) is 2.80. The maximum atomic E-state index is 10.6. The normalized spacial score (nSPS) is 23.8. The van der Waals surface area contributed by atoms with Crippen LogP contribution in [-0.4, -0.2) is 29.7 Å². The first-order chi connectivity index (χ1) is 6.02. The van der Waals surface area contributed by atoms with E-state index >= 15 is 0 Å². The number of piperidine rings is 1. The van der Waals surface area contributed by atoms with Crippen molar-refractivity contribution in [3.05, 3.63) is 0 Å². The highest BCUT2D eigenvalue weighted by molar-refractivity contribution is 5.68. The molecule has 4 N–H and O–H groups in total. The summed E-state index contributed by atoms with van der Waals surface area (Å²) in [5, 5.41) is 11.9. The molecule has 0 amide bonds. The van der Waals surface area contributed by atoms with Crippen LogP contribution in [0.4, 0.5) is 0 Å². The minimum absolute atomic E-state index is 0.0671. The van der Waals surface area contributed by atoms with Crippen molar-refractivity contribution in [1.82, 2.24) is 5.32 Å². The summed E-state index contributed by atoms with van der Waals surface area (Å²) >= 11 is 0. The van der Waals surface area contributed by atoms with Crippen molar-refractivity contribution in [2.45, 2.75) is 31.7 Å². The molecule has 0 aliphatic carbocycles. The molecule has 1 saturated heterocycles. The topological polar surface area (TPSA) is 75.4 Å². The highest BCUT2D eigenvalue weighted by atomic mass is 16.4. The first kappa shape index (κ1) is 10.5. The molecule has 0 aromatic rings. The monoisotopic (exact) mass is 186 g/mol. The predicted molar refractivity (Wildman–Crippen MR) is 50.4 cm³/mol. The van der Waals surface area contributed by atoms with Crippen LogP contribution in [0.2, 0.25) is 0 Å². The van der Waals surface area contributed by atoms with Crippen molar-refractivity contribution in [2.75, 3.05) is 13.1 Å². The number of nitrogens with one attached hydrogen (secondary N) is 1. The van der Waals surface area contributed by atoms with Crippen LogP contribution in [0.25, 0.3) is 0 Å². The van der Waals surface area contributed by atoms with E-state index in [0.29, 0.717) is 5.92 Å². The Morgan fingerprint density at radius 1 is 1.62 bits per heavy atom. The van der Waals surface area contributed by atoms with Crippen molar-refractivity contribution in [2.24, 2.45) is 11.7 Å². The van der Waals surface area contributed by atoms with Crippen LogP contribution >= 0.6 is 0 Å². The highest BCUT2D eigenvalue weighted by Crippen LogP contribution is 2.26. The van der Waals surface area contributed by atoms with E-state index in [-0.39, 0.29) is 6.42 Å². The quantitative estimate of drug-likeness (QED) is 0.587. The molecular weight excluding hydrogens is 168 g/mol. The number of hydrogen-bond acceptors (Lipinski definition) is 3. The van der Waals surface area contributed by atoms with Crippen LogP contribution in [0.3, 0.4) is 0 Å². The van der Waals surface area contributed by atoms with E-state index in [9.17, 15) is 4.79 Å². The second kappa shape index (κ2) is 4.07. The molecule has 0 spiro atoms. The molecule has 0 radical (unpaired) electrons. The Bertz CT molecular complexity index is 186. The van der Waals surface area contributed by atoms with Gasteiger partial charge < -0.3 is 16.2 Å². The molecule has 1 fully saturated rings. The van der Waals surface area contributed by atoms with Crippen LogP contribution < -0.4 is 11.1 Å². The average Bonchev–Trinajstić information content (AvgIpc) is 2.04. The lowest BCUT2D eigenvalue weighted by Gasteiger charge is -2.35. The lowest BCUT2D eigenvalue weighted by molar-refractivity contribution is -0.138. The number of carbonyl (C=O) groups is 1. The van der Waals surface area contributed by atoms with Crippen LogP contribution in [0.1, 0.15) is 26.2 Å². The molecule has 4 heteroatoms. The summed E-state index contributed by atoms with van der Waals surface area (Å²) < 4.78 is 0. The summed E-state index contributed by atoms with van der Waals surface area (Å²) in [5.41, 5.74) is 5.44.